The van der Waals surface area contributed by atoms with Gasteiger partial charge >= 0.3 is 5.97 Å². The molecule has 1 amide bonds. The number of carboxylic acids is 1. The third-order valence-corrected chi connectivity index (χ3v) is 4.03. The standard InChI is InChI=1S/C12H15NO4S/c1-6-8(4-10(18-6)12(15)16)11(14)13-9-3-7(9)5-17-2/h4,7,9H,3,5H2,1-2H3,(H,13,14)(H,15,16)/t7-,9+/m1/s1. The van der Waals surface area contributed by atoms with E-state index in [1.807, 2.05) is 0 Å². The number of carbonyl (C=O) groups excluding carboxylic acids is 1. The first-order valence-corrected chi connectivity index (χ1v) is 6.48. The Morgan fingerprint density at radius 2 is 2.33 bits per heavy atom. The Balaban J connectivity index is 1.99. The maximum absolute atomic E-state index is 12.0. The predicted molar refractivity (Wildman–Crippen MR) is 67.3 cm³/mol. The van der Waals surface area contributed by atoms with E-state index in [1.165, 1.54) is 6.07 Å². The van der Waals surface area contributed by atoms with Gasteiger partial charge in [-0.2, -0.15) is 0 Å². The van der Waals surface area contributed by atoms with Crippen LogP contribution >= 0.6 is 11.3 Å². The number of carboxylic acid groups (broad SMARTS) is 1. The minimum Gasteiger partial charge on any atom is -0.477 e. The zero-order chi connectivity index (χ0) is 13.3. The Hall–Kier alpha value is -1.40. The molecule has 0 unspecified atom stereocenters. The monoisotopic (exact) mass is 269 g/mol. The fourth-order valence-corrected chi connectivity index (χ4v) is 2.74. The van der Waals surface area contributed by atoms with Crippen LogP contribution in [0.5, 0.6) is 0 Å². The number of thiophene rings is 1. The zero-order valence-corrected chi connectivity index (χ0v) is 11.0. The van der Waals surface area contributed by atoms with E-state index in [9.17, 15) is 9.59 Å². The highest BCUT2D eigenvalue weighted by Crippen LogP contribution is 2.31. The molecule has 1 aliphatic carbocycles. The molecule has 0 saturated heterocycles. The molecule has 6 heteroatoms. The Kier molecular flexibility index (Phi) is 3.68. The van der Waals surface area contributed by atoms with Crippen molar-refractivity contribution >= 4 is 23.2 Å². The quantitative estimate of drug-likeness (QED) is 0.849. The number of ether oxygens (including phenoxy) is 1. The Labute approximate surface area is 109 Å². The molecule has 0 aromatic carbocycles. The first-order chi connectivity index (χ1) is 8.52. The largest absolute Gasteiger partial charge is 0.477 e. The fourth-order valence-electron chi connectivity index (χ4n) is 1.88. The number of hydrogen-bond acceptors (Lipinski definition) is 4. The van der Waals surface area contributed by atoms with Crippen molar-refractivity contribution in [2.45, 2.75) is 19.4 Å². The van der Waals surface area contributed by atoms with E-state index < -0.39 is 5.97 Å². The molecular weight excluding hydrogens is 254 g/mol. The maximum atomic E-state index is 12.0. The summed E-state index contributed by atoms with van der Waals surface area (Å²) in [6, 6.07) is 1.59. The van der Waals surface area contributed by atoms with Crippen molar-refractivity contribution in [3.63, 3.8) is 0 Å². The molecule has 5 nitrogen and oxygen atoms in total. The van der Waals surface area contributed by atoms with Gasteiger partial charge in [0.25, 0.3) is 5.91 Å². The predicted octanol–water partition coefficient (Wildman–Crippen LogP) is 1.52. The molecule has 1 heterocycles. The van der Waals surface area contributed by atoms with Gasteiger partial charge in [-0.3, -0.25) is 4.79 Å². The molecule has 0 bridgehead atoms. The van der Waals surface area contributed by atoms with Gasteiger partial charge in [-0.25, -0.2) is 4.79 Å². The van der Waals surface area contributed by atoms with Gasteiger partial charge < -0.3 is 15.2 Å². The number of amides is 1. The van der Waals surface area contributed by atoms with Crippen LogP contribution in [-0.4, -0.2) is 36.7 Å². The molecule has 2 N–H and O–H groups in total. The minimum absolute atomic E-state index is 0.157. The van der Waals surface area contributed by atoms with Crippen LogP contribution in [0.2, 0.25) is 0 Å². The average Bonchev–Trinajstić information content (AvgIpc) is 2.88. The van der Waals surface area contributed by atoms with E-state index in [0.717, 1.165) is 22.6 Å². The van der Waals surface area contributed by atoms with Crippen LogP contribution in [0.15, 0.2) is 6.07 Å². The van der Waals surface area contributed by atoms with Gasteiger partial charge in [0.05, 0.1) is 12.2 Å². The van der Waals surface area contributed by atoms with Gasteiger partial charge in [0.2, 0.25) is 0 Å². The Morgan fingerprint density at radius 3 is 2.89 bits per heavy atom. The van der Waals surface area contributed by atoms with Crippen molar-refractivity contribution in [2.24, 2.45) is 5.92 Å². The van der Waals surface area contributed by atoms with Gasteiger partial charge in [0.15, 0.2) is 0 Å². The van der Waals surface area contributed by atoms with E-state index >= 15 is 0 Å². The fraction of sp³-hybridized carbons (Fsp3) is 0.500. The van der Waals surface area contributed by atoms with Crippen molar-refractivity contribution in [2.75, 3.05) is 13.7 Å². The van der Waals surface area contributed by atoms with Crippen LogP contribution in [-0.2, 0) is 4.74 Å². The van der Waals surface area contributed by atoms with E-state index in [4.69, 9.17) is 9.84 Å². The molecule has 1 fully saturated rings. The molecule has 1 saturated carbocycles. The van der Waals surface area contributed by atoms with Crippen LogP contribution < -0.4 is 5.32 Å². The number of aryl methyl sites for hydroxylation is 1. The number of nitrogens with one attached hydrogen (secondary N) is 1. The molecule has 2 rings (SSSR count). The summed E-state index contributed by atoms with van der Waals surface area (Å²) in [5.41, 5.74) is 0.459. The lowest BCUT2D eigenvalue weighted by molar-refractivity contribution is 0.0702. The summed E-state index contributed by atoms with van der Waals surface area (Å²) in [5, 5.41) is 11.8. The second-order valence-corrected chi connectivity index (χ2v) is 5.67. The number of rotatable bonds is 5. The molecule has 98 valence electrons. The Morgan fingerprint density at radius 1 is 1.61 bits per heavy atom. The van der Waals surface area contributed by atoms with Crippen molar-refractivity contribution in [1.82, 2.24) is 5.32 Å². The third kappa shape index (κ3) is 2.70. The zero-order valence-electron chi connectivity index (χ0n) is 10.2. The highest BCUT2D eigenvalue weighted by Gasteiger charge is 2.38. The molecule has 0 aliphatic heterocycles. The summed E-state index contributed by atoms with van der Waals surface area (Å²) in [5.74, 6) is -0.803. The van der Waals surface area contributed by atoms with Crippen molar-refractivity contribution in [1.29, 1.82) is 0 Å². The molecule has 0 spiro atoms. The van der Waals surface area contributed by atoms with E-state index in [0.29, 0.717) is 18.1 Å². The molecule has 1 aliphatic rings. The first kappa shape index (κ1) is 13.0. The van der Waals surface area contributed by atoms with Gasteiger partial charge in [-0.15, -0.1) is 11.3 Å². The number of hydrogen-bond donors (Lipinski definition) is 2. The summed E-state index contributed by atoms with van der Waals surface area (Å²) < 4.78 is 5.02. The summed E-state index contributed by atoms with van der Waals surface area (Å²) in [7, 11) is 1.64. The second-order valence-electron chi connectivity index (χ2n) is 4.42. The second kappa shape index (κ2) is 5.07. The average molecular weight is 269 g/mol. The van der Waals surface area contributed by atoms with Crippen molar-refractivity contribution < 1.29 is 19.4 Å². The van der Waals surface area contributed by atoms with Crippen LogP contribution in [0, 0.1) is 12.8 Å². The van der Waals surface area contributed by atoms with Crippen LogP contribution in [0.4, 0.5) is 0 Å². The van der Waals surface area contributed by atoms with E-state index in [-0.39, 0.29) is 16.8 Å². The lowest BCUT2D eigenvalue weighted by atomic mass is 10.2. The maximum Gasteiger partial charge on any atom is 0.345 e. The number of carbonyl (C=O) groups is 2. The topological polar surface area (TPSA) is 75.6 Å². The van der Waals surface area contributed by atoms with Gasteiger partial charge in [-0.1, -0.05) is 0 Å². The molecule has 1 aromatic heterocycles. The Bertz CT molecular complexity index is 482. The lowest BCUT2D eigenvalue weighted by Gasteiger charge is -2.03. The first-order valence-electron chi connectivity index (χ1n) is 5.66. The van der Waals surface area contributed by atoms with E-state index in [1.54, 1.807) is 14.0 Å². The summed E-state index contributed by atoms with van der Waals surface area (Å²) in [4.78, 5) is 23.7. The molecular formula is C12H15NO4S. The minimum atomic E-state index is -0.995. The highest BCUT2D eigenvalue weighted by atomic mass is 32.1. The van der Waals surface area contributed by atoms with E-state index in [2.05, 4.69) is 5.32 Å². The van der Waals surface area contributed by atoms with Gasteiger partial charge in [0.1, 0.15) is 4.88 Å². The number of methoxy groups -OCH3 is 1. The van der Waals surface area contributed by atoms with Crippen molar-refractivity contribution in [3.05, 3.63) is 21.4 Å². The SMILES string of the molecule is COC[C@H]1C[C@@H]1NC(=O)c1cc(C(=O)O)sc1C. The third-order valence-electron chi connectivity index (χ3n) is 2.99. The van der Waals surface area contributed by atoms with Crippen LogP contribution in [0.3, 0.4) is 0 Å². The molecule has 1 aromatic rings. The lowest BCUT2D eigenvalue weighted by Crippen LogP contribution is -2.27. The van der Waals surface area contributed by atoms with Gasteiger partial charge in [0, 0.05) is 23.9 Å². The normalized spacial score (nSPS) is 21.7. The van der Waals surface area contributed by atoms with Crippen molar-refractivity contribution in [3.8, 4) is 0 Å². The number of aromatic carboxylic acids is 1. The van der Waals surface area contributed by atoms with Crippen LogP contribution in [0.25, 0.3) is 0 Å². The molecule has 0 radical (unpaired) electrons. The van der Waals surface area contributed by atoms with Gasteiger partial charge in [-0.05, 0) is 19.4 Å². The summed E-state index contributed by atoms with van der Waals surface area (Å²) in [6.07, 6.45) is 0.925. The summed E-state index contributed by atoms with van der Waals surface area (Å²) in [6.45, 7) is 2.40. The summed E-state index contributed by atoms with van der Waals surface area (Å²) >= 11 is 1.12. The molecule has 18 heavy (non-hydrogen) atoms. The van der Waals surface area contributed by atoms with Crippen LogP contribution in [0.1, 0.15) is 31.3 Å². The smallest absolute Gasteiger partial charge is 0.345 e. The molecule has 2 atom stereocenters. The highest BCUT2D eigenvalue weighted by molar-refractivity contribution is 7.14.